The van der Waals surface area contributed by atoms with E-state index in [9.17, 15) is 4.79 Å². The first-order valence-corrected chi connectivity index (χ1v) is 9.24. The smallest absolute Gasteiger partial charge is 0.316 e. The van der Waals surface area contributed by atoms with Gasteiger partial charge in [-0.25, -0.2) is 9.48 Å². The van der Waals surface area contributed by atoms with Crippen molar-refractivity contribution in [2.24, 2.45) is 13.0 Å². The number of carbonyl (C=O) groups is 1. The number of hydrogen-bond donors (Lipinski definition) is 1. The van der Waals surface area contributed by atoms with E-state index in [-0.39, 0.29) is 12.1 Å². The lowest BCUT2D eigenvalue weighted by Crippen LogP contribution is -2.42. The number of piperidine rings is 1. The number of anilines is 1. The van der Waals surface area contributed by atoms with E-state index in [2.05, 4.69) is 22.4 Å². The number of aryl methyl sites for hydroxylation is 1. The molecule has 1 aliphatic heterocycles. The van der Waals surface area contributed by atoms with Crippen LogP contribution >= 0.6 is 0 Å². The summed E-state index contributed by atoms with van der Waals surface area (Å²) >= 11 is 0. The highest BCUT2D eigenvalue weighted by atomic mass is 16.2. The second-order valence-electron chi connectivity index (χ2n) is 7.25. The van der Waals surface area contributed by atoms with E-state index >= 15 is 0 Å². The van der Waals surface area contributed by atoms with Gasteiger partial charge in [0.25, 0.3) is 0 Å². The summed E-state index contributed by atoms with van der Waals surface area (Å²) in [5, 5.41) is 11.8. The van der Waals surface area contributed by atoms with Crippen LogP contribution in [0.1, 0.15) is 56.8 Å². The Bertz CT molecular complexity index is 746. The van der Waals surface area contributed by atoms with Crippen molar-refractivity contribution < 1.29 is 4.79 Å². The molecule has 2 aromatic heterocycles. The first-order valence-electron chi connectivity index (χ1n) is 9.24. The lowest BCUT2D eigenvalue weighted by atomic mass is 10.00. The maximum absolute atomic E-state index is 13.0. The molecule has 0 unspecified atom stereocenters. The largest absolute Gasteiger partial charge is 0.323 e. The van der Waals surface area contributed by atoms with Crippen LogP contribution in [-0.4, -0.2) is 37.0 Å². The molecule has 2 atom stereocenters. The van der Waals surface area contributed by atoms with E-state index in [0.717, 1.165) is 37.3 Å². The van der Waals surface area contributed by atoms with Crippen molar-refractivity contribution in [3.8, 4) is 0 Å². The van der Waals surface area contributed by atoms with Crippen molar-refractivity contribution in [2.75, 3.05) is 11.9 Å². The zero-order chi connectivity index (χ0) is 17.4. The molecule has 7 heteroatoms. The van der Waals surface area contributed by atoms with Crippen molar-refractivity contribution >= 4 is 11.8 Å². The standard InChI is InChI=1S/C18H26N6O/c1-13(14-6-7-14)24-17(9-11-20-24)21-18(25)23-12-4-3-5-16(23)15-8-10-19-22(15)2/h8-11,13-14,16H,3-7,12H2,1-2H3,(H,21,25)/t13-,16-/m1/s1. The van der Waals surface area contributed by atoms with Gasteiger partial charge in [0.2, 0.25) is 0 Å². The molecule has 1 N–H and O–H groups in total. The van der Waals surface area contributed by atoms with E-state index in [1.165, 1.54) is 12.8 Å². The van der Waals surface area contributed by atoms with Crippen LogP contribution in [0.15, 0.2) is 24.5 Å². The summed E-state index contributed by atoms with van der Waals surface area (Å²) in [7, 11) is 1.94. The molecule has 0 bridgehead atoms. The van der Waals surface area contributed by atoms with Gasteiger partial charge in [-0.05, 0) is 51.0 Å². The highest BCUT2D eigenvalue weighted by Gasteiger charge is 2.33. The summed E-state index contributed by atoms with van der Waals surface area (Å²) in [5.41, 5.74) is 1.09. The minimum Gasteiger partial charge on any atom is -0.316 e. The molecule has 1 aliphatic carbocycles. The Morgan fingerprint density at radius 1 is 1.20 bits per heavy atom. The van der Waals surface area contributed by atoms with E-state index in [1.807, 2.05) is 33.4 Å². The van der Waals surface area contributed by atoms with Gasteiger partial charge in [-0.2, -0.15) is 10.2 Å². The van der Waals surface area contributed by atoms with Gasteiger partial charge < -0.3 is 4.90 Å². The second-order valence-corrected chi connectivity index (χ2v) is 7.25. The van der Waals surface area contributed by atoms with Crippen LogP contribution in [0.4, 0.5) is 10.6 Å². The van der Waals surface area contributed by atoms with Gasteiger partial charge in [0.1, 0.15) is 5.82 Å². The van der Waals surface area contributed by atoms with Gasteiger partial charge >= 0.3 is 6.03 Å². The molecule has 134 valence electrons. The fraction of sp³-hybridized carbons (Fsp3) is 0.611. The number of nitrogens with one attached hydrogen (secondary N) is 1. The normalized spacial score (nSPS) is 22.0. The average Bonchev–Trinajstić information content (AvgIpc) is 3.23. The van der Waals surface area contributed by atoms with Gasteiger partial charge in [-0.15, -0.1) is 0 Å². The quantitative estimate of drug-likeness (QED) is 0.926. The Morgan fingerprint density at radius 3 is 2.72 bits per heavy atom. The lowest BCUT2D eigenvalue weighted by molar-refractivity contribution is 0.159. The second kappa shape index (κ2) is 6.54. The fourth-order valence-corrected chi connectivity index (χ4v) is 3.89. The number of aromatic nitrogens is 4. The monoisotopic (exact) mass is 342 g/mol. The van der Waals surface area contributed by atoms with Crippen LogP contribution in [0.5, 0.6) is 0 Å². The van der Waals surface area contributed by atoms with E-state index < -0.39 is 0 Å². The minimum absolute atomic E-state index is 0.0457. The van der Waals surface area contributed by atoms with E-state index in [4.69, 9.17) is 0 Å². The Balaban J connectivity index is 1.52. The van der Waals surface area contributed by atoms with Crippen molar-refractivity contribution in [3.63, 3.8) is 0 Å². The number of rotatable bonds is 4. The van der Waals surface area contributed by atoms with Crippen LogP contribution in [0.2, 0.25) is 0 Å². The molecule has 2 fully saturated rings. The summed E-state index contributed by atoms with van der Waals surface area (Å²) in [4.78, 5) is 14.9. The average molecular weight is 342 g/mol. The molecular formula is C18H26N6O. The Kier molecular flexibility index (Phi) is 4.23. The number of hydrogen-bond acceptors (Lipinski definition) is 3. The molecule has 0 spiro atoms. The Labute approximate surface area is 148 Å². The number of likely N-dealkylation sites (tertiary alicyclic amines) is 1. The maximum atomic E-state index is 13.0. The van der Waals surface area contributed by atoms with Crippen LogP contribution in [-0.2, 0) is 7.05 Å². The lowest BCUT2D eigenvalue weighted by Gasteiger charge is -2.35. The first-order chi connectivity index (χ1) is 12.1. The van der Waals surface area contributed by atoms with Gasteiger partial charge in [-0.1, -0.05) is 0 Å². The number of amides is 2. The molecule has 1 saturated carbocycles. The van der Waals surface area contributed by atoms with E-state index in [1.54, 1.807) is 12.4 Å². The van der Waals surface area contributed by atoms with Crippen LogP contribution < -0.4 is 5.32 Å². The van der Waals surface area contributed by atoms with Crippen LogP contribution in [0.3, 0.4) is 0 Å². The van der Waals surface area contributed by atoms with Crippen molar-refractivity contribution in [1.82, 2.24) is 24.5 Å². The van der Waals surface area contributed by atoms with Crippen molar-refractivity contribution in [2.45, 2.75) is 51.1 Å². The zero-order valence-corrected chi connectivity index (χ0v) is 14.9. The molecule has 2 aliphatic rings. The molecule has 25 heavy (non-hydrogen) atoms. The molecule has 2 aromatic rings. The molecule has 7 nitrogen and oxygen atoms in total. The Morgan fingerprint density at radius 2 is 2.00 bits per heavy atom. The molecule has 0 radical (unpaired) electrons. The summed E-state index contributed by atoms with van der Waals surface area (Å²) in [5.74, 6) is 1.48. The summed E-state index contributed by atoms with van der Waals surface area (Å²) in [6.45, 7) is 2.95. The first kappa shape index (κ1) is 16.2. The third kappa shape index (κ3) is 3.15. The third-order valence-corrected chi connectivity index (χ3v) is 5.56. The number of nitrogens with zero attached hydrogens (tertiary/aromatic N) is 5. The Hall–Kier alpha value is -2.31. The van der Waals surface area contributed by atoms with Gasteiger partial charge in [0, 0.05) is 25.9 Å². The van der Waals surface area contributed by atoms with Gasteiger partial charge in [0.15, 0.2) is 0 Å². The molecule has 4 rings (SSSR count). The highest BCUT2D eigenvalue weighted by molar-refractivity contribution is 5.88. The predicted molar refractivity (Wildman–Crippen MR) is 95.2 cm³/mol. The molecule has 1 saturated heterocycles. The summed E-state index contributed by atoms with van der Waals surface area (Å²) in [6, 6.07) is 4.27. The molecular weight excluding hydrogens is 316 g/mol. The van der Waals surface area contributed by atoms with E-state index in [0.29, 0.717) is 12.0 Å². The van der Waals surface area contributed by atoms with Gasteiger partial charge in [-0.3, -0.25) is 10.00 Å². The number of carbonyl (C=O) groups excluding carboxylic acids is 1. The highest BCUT2D eigenvalue weighted by Crippen LogP contribution is 2.40. The third-order valence-electron chi connectivity index (χ3n) is 5.56. The van der Waals surface area contributed by atoms with Crippen molar-refractivity contribution in [3.05, 3.63) is 30.2 Å². The van der Waals surface area contributed by atoms with Crippen LogP contribution in [0.25, 0.3) is 0 Å². The van der Waals surface area contributed by atoms with Gasteiger partial charge in [0.05, 0.1) is 24.0 Å². The fourth-order valence-electron chi connectivity index (χ4n) is 3.89. The molecule has 2 amide bonds. The molecule has 3 heterocycles. The SMILES string of the molecule is C[C@H](C1CC1)n1nccc1NC(=O)N1CCCC[C@@H]1c1ccnn1C. The number of urea groups is 1. The predicted octanol–water partition coefficient (Wildman–Crippen LogP) is 3.35. The van der Waals surface area contributed by atoms with Crippen molar-refractivity contribution in [1.29, 1.82) is 0 Å². The topological polar surface area (TPSA) is 68.0 Å². The zero-order valence-electron chi connectivity index (χ0n) is 14.9. The summed E-state index contributed by atoms with van der Waals surface area (Å²) < 4.78 is 3.83. The van der Waals surface area contributed by atoms with Crippen LogP contribution in [0, 0.1) is 5.92 Å². The maximum Gasteiger partial charge on any atom is 0.323 e. The molecule has 0 aromatic carbocycles. The summed E-state index contributed by atoms with van der Waals surface area (Å²) in [6.07, 6.45) is 9.22. The minimum atomic E-state index is -0.0457.